The first-order valence-corrected chi connectivity index (χ1v) is 6.89. The van der Waals surface area contributed by atoms with Crippen LogP contribution in [0.1, 0.15) is 52.4 Å². The molecule has 1 fully saturated rings. The minimum Gasteiger partial charge on any atom is -0.481 e. The summed E-state index contributed by atoms with van der Waals surface area (Å²) in [6.07, 6.45) is 3.98. The Morgan fingerprint density at radius 1 is 1.06 bits per heavy atom. The van der Waals surface area contributed by atoms with Crippen LogP contribution in [0.25, 0.3) is 0 Å². The Kier molecular flexibility index (Phi) is 5.63. The summed E-state index contributed by atoms with van der Waals surface area (Å²) in [5.74, 6) is 0.359. The van der Waals surface area contributed by atoms with Crippen LogP contribution in [-0.2, 0) is 9.59 Å². The fourth-order valence-corrected chi connectivity index (χ4v) is 3.60. The van der Waals surface area contributed by atoms with E-state index in [-0.39, 0.29) is 12.8 Å². The van der Waals surface area contributed by atoms with Crippen molar-refractivity contribution in [3.05, 3.63) is 0 Å². The van der Waals surface area contributed by atoms with Gasteiger partial charge in [0.1, 0.15) is 0 Å². The zero-order valence-electron chi connectivity index (χ0n) is 11.3. The third-order valence-electron chi connectivity index (χ3n) is 4.47. The number of carboxylic acids is 2. The van der Waals surface area contributed by atoms with Crippen LogP contribution in [0.2, 0.25) is 0 Å². The van der Waals surface area contributed by atoms with E-state index in [9.17, 15) is 9.59 Å². The molecule has 0 heterocycles. The largest absolute Gasteiger partial charge is 0.481 e. The van der Waals surface area contributed by atoms with E-state index >= 15 is 0 Å². The second-order valence-electron chi connectivity index (χ2n) is 5.57. The van der Waals surface area contributed by atoms with Crippen molar-refractivity contribution in [1.29, 1.82) is 0 Å². The van der Waals surface area contributed by atoms with Crippen LogP contribution < -0.4 is 0 Å². The third-order valence-corrected chi connectivity index (χ3v) is 4.47. The van der Waals surface area contributed by atoms with Gasteiger partial charge in [-0.25, -0.2) is 0 Å². The zero-order valence-corrected chi connectivity index (χ0v) is 11.3. The molecule has 1 saturated carbocycles. The van der Waals surface area contributed by atoms with Crippen LogP contribution in [-0.4, -0.2) is 22.2 Å². The summed E-state index contributed by atoms with van der Waals surface area (Å²) in [5.41, 5.74) is 0. The van der Waals surface area contributed by atoms with E-state index in [2.05, 4.69) is 13.8 Å². The van der Waals surface area contributed by atoms with Crippen molar-refractivity contribution in [3.63, 3.8) is 0 Å². The highest BCUT2D eigenvalue weighted by molar-refractivity contribution is 5.67. The molecule has 0 radical (unpaired) electrons. The first kappa shape index (κ1) is 15.0. The van der Waals surface area contributed by atoms with Gasteiger partial charge in [0.15, 0.2) is 0 Å². The monoisotopic (exact) mass is 256 g/mol. The molecule has 2 N–H and O–H groups in total. The molecule has 0 aliphatic heterocycles. The molecule has 1 aliphatic carbocycles. The van der Waals surface area contributed by atoms with Crippen molar-refractivity contribution in [3.8, 4) is 0 Å². The summed E-state index contributed by atoms with van der Waals surface area (Å²) in [5, 5.41) is 17.6. The predicted octanol–water partition coefficient (Wildman–Crippen LogP) is 3.01. The molecule has 0 saturated heterocycles. The molecule has 18 heavy (non-hydrogen) atoms. The van der Waals surface area contributed by atoms with Crippen LogP contribution >= 0.6 is 0 Å². The van der Waals surface area contributed by atoms with Gasteiger partial charge in [0, 0.05) is 12.8 Å². The molecule has 104 valence electrons. The number of hydrogen-bond donors (Lipinski definition) is 2. The molecule has 1 aliphatic rings. The Labute approximate surface area is 108 Å². The van der Waals surface area contributed by atoms with E-state index in [0.29, 0.717) is 36.5 Å². The summed E-state index contributed by atoms with van der Waals surface area (Å²) < 4.78 is 0. The lowest BCUT2D eigenvalue weighted by atomic mass is 9.80. The van der Waals surface area contributed by atoms with Crippen LogP contribution in [0.15, 0.2) is 0 Å². The zero-order chi connectivity index (χ0) is 13.7. The summed E-state index contributed by atoms with van der Waals surface area (Å²) >= 11 is 0. The van der Waals surface area contributed by atoms with Gasteiger partial charge in [0.2, 0.25) is 0 Å². The van der Waals surface area contributed by atoms with E-state index in [1.165, 1.54) is 0 Å². The highest BCUT2D eigenvalue weighted by Gasteiger charge is 2.39. The van der Waals surface area contributed by atoms with Gasteiger partial charge in [-0.3, -0.25) is 9.59 Å². The van der Waals surface area contributed by atoms with Gasteiger partial charge in [-0.2, -0.15) is 0 Å². The van der Waals surface area contributed by atoms with E-state index in [1.807, 2.05) is 0 Å². The summed E-state index contributed by atoms with van der Waals surface area (Å²) in [4.78, 5) is 21.4. The van der Waals surface area contributed by atoms with Gasteiger partial charge in [0.05, 0.1) is 0 Å². The Hall–Kier alpha value is -1.06. The minimum atomic E-state index is -0.751. The molecule has 4 nitrogen and oxygen atoms in total. The lowest BCUT2D eigenvalue weighted by molar-refractivity contribution is -0.139. The second-order valence-corrected chi connectivity index (χ2v) is 5.57. The quantitative estimate of drug-likeness (QED) is 0.734. The standard InChI is InChI=1S/C14H24O4/c1-3-10-8-9(2)11(4-6-13(15)16)12(10)5-7-14(17)18/h9-12H,3-8H2,1-2H3,(H,15,16)(H,17,18). The lowest BCUT2D eigenvalue weighted by Gasteiger charge is -2.24. The predicted molar refractivity (Wildman–Crippen MR) is 68.3 cm³/mol. The van der Waals surface area contributed by atoms with Crippen LogP contribution in [0.4, 0.5) is 0 Å². The highest BCUT2D eigenvalue weighted by atomic mass is 16.4. The number of hydrogen-bond acceptors (Lipinski definition) is 2. The van der Waals surface area contributed by atoms with E-state index < -0.39 is 11.9 Å². The molecule has 0 aromatic carbocycles. The van der Waals surface area contributed by atoms with Crippen molar-refractivity contribution < 1.29 is 19.8 Å². The van der Waals surface area contributed by atoms with Gasteiger partial charge < -0.3 is 10.2 Å². The Morgan fingerprint density at radius 2 is 1.56 bits per heavy atom. The van der Waals surface area contributed by atoms with Gasteiger partial charge in [-0.05, 0) is 42.9 Å². The Morgan fingerprint density at radius 3 is 2.00 bits per heavy atom. The minimum absolute atomic E-state index is 0.203. The average Bonchev–Trinajstić information content (AvgIpc) is 2.59. The summed E-state index contributed by atoms with van der Waals surface area (Å²) in [7, 11) is 0. The van der Waals surface area contributed by atoms with Crippen molar-refractivity contribution in [2.45, 2.75) is 52.4 Å². The smallest absolute Gasteiger partial charge is 0.303 e. The topological polar surface area (TPSA) is 74.6 Å². The maximum absolute atomic E-state index is 10.7. The molecule has 1 rings (SSSR count). The van der Waals surface area contributed by atoms with Gasteiger partial charge in [-0.15, -0.1) is 0 Å². The molecular weight excluding hydrogens is 232 g/mol. The maximum atomic E-state index is 10.7. The van der Waals surface area contributed by atoms with E-state index in [4.69, 9.17) is 10.2 Å². The Balaban J connectivity index is 2.63. The first-order chi connectivity index (χ1) is 8.45. The number of carboxylic acid groups (broad SMARTS) is 2. The van der Waals surface area contributed by atoms with Gasteiger partial charge in [-0.1, -0.05) is 20.3 Å². The lowest BCUT2D eigenvalue weighted by Crippen LogP contribution is -2.19. The molecule has 4 atom stereocenters. The van der Waals surface area contributed by atoms with Gasteiger partial charge >= 0.3 is 11.9 Å². The second kappa shape index (κ2) is 6.76. The van der Waals surface area contributed by atoms with Crippen LogP contribution in [0.3, 0.4) is 0 Å². The molecule has 0 aromatic heterocycles. The highest BCUT2D eigenvalue weighted by Crippen LogP contribution is 2.47. The molecule has 0 amide bonds. The van der Waals surface area contributed by atoms with Crippen molar-refractivity contribution in [2.24, 2.45) is 23.7 Å². The fraction of sp³-hybridized carbons (Fsp3) is 0.857. The number of rotatable bonds is 7. The molecule has 4 heteroatoms. The fourth-order valence-electron chi connectivity index (χ4n) is 3.60. The molecule has 0 bridgehead atoms. The normalized spacial score (nSPS) is 31.4. The molecule has 0 aromatic rings. The SMILES string of the molecule is CCC1CC(C)C(CCC(=O)O)C1CCC(=O)O. The molecule has 0 spiro atoms. The Bertz CT molecular complexity index is 300. The molecule has 4 unspecified atom stereocenters. The first-order valence-electron chi connectivity index (χ1n) is 6.89. The van der Waals surface area contributed by atoms with E-state index in [1.54, 1.807) is 0 Å². The van der Waals surface area contributed by atoms with Crippen molar-refractivity contribution >= 4 is 11.9 Å². The summed E-state index contributed by atoms with van der Waals surface area (Å²) in [6, 6.07) is 0. The van der Waals surface area contributed by atoms with Crippen molar-refractivity contribution in [2.75, 3.05) is 0 Å². The van der Waals surface area contributed by atoms with Crippen molar-refractivity contribution in [1.82, 2.24) is 0 Å². The third kappa shape index (κ3) is 4.00. The maximum Gasteiger partial charge on any atom is 0.303 e. The molecular formula is C14H24O4. The van der Waals surface area contributed by atoms with E-state index in [0.717, 1.165) is 12.8 Å². The van der Waals surface area contributed by atoms with Gasteiger partial charge in [0.25, 0.3) is 0 Å². The number of aliphatic carboxylic acids is 2. The number of carbonyl (C=O) groups is 2. The average molecular weight is 256 g/mol. The summed E-state index contributed by atoms with van der Waals surface area (Å²) in [6.45, 7) is 4.32. The van der Waals surface area contributed by atoms with Crippen LogP contribution in [0, 0.1) is 23.7 Å². The van der Waals surface area contributed by atoms with Crippen LogP contribution in [0.5, 0.6) is 0 Å².